The van der Waals surface area contributed by atoms with Crippen LogP contribution < -0.4 is 21.4 Å². The quantitative estimate of drug-likeness (QED) is 0.217. The lowest BCUT2D eigenvalue weighted by Crippen LogP contribution is -2.54. The van der Waals surface area contributed by atoms with E-state index in [0.29, 0.717) is 22.3 Å². The largest absolute Gasteiger partial charge is 0.497 e. The Balaban J connectivity index is 1.62. The lowest BCUT2D eigenvalue weighted by molar-refractivity contribution is -0.129. The van der Waals surface area contributed by atoms with Gasteiger partial charge in [-0.3, -0.25) is 9.59 Å². The fourth-order valence-corrected chi connectivity index (χ4v) is 5.17. The molecule has 0 saturated heterocycles. The standard InChI is InChI=1S/C33H28N2O5/c1-39-26-17-18-27-22(20-30(36)40-29(27)21-26)19-28(31(34)37)35-32(38)33(23-11-5-2-6-12-23,24-13-7-3-8-14-24)25-15-9-4-10-16-25/h2-18,20-21,28H,19H2,1H3,(H2,34,37)(H,35,38)/t28-/m0/s1. The summed E-state index contributed by atoms with van der Waals surface area (Å²) in [6.45, 7) is 0. The van der Waals surface area contributed by atoms with Gasteiger partial charge in [0.2, 0.25) is 11.8 Å². The van der Waals surface area contributed by atoms with Gasteiger partial charge in [0.25, 0.3) is 0 Å². The second-order valence-corrected chi connectivity index (χ2v) is 9.43. The van der Waals surface area contributed by atoms with Crippen molar-refractivity contribution >= 4 is 22.8 Å². The topological polar surface area (TPSA) is 112 Å². The minimum Gasteiger partial charge on any atom is -0.497 e. The Morgan fingerprint density at radius 2 is 1.35 bits per heavy atom. The summed E-state index contributed by atoms with van der Waals surface area (Å²) in [5.74, 6) is -0.633. The Kier molecular flexibility index (Phi) is 7.46. The van der Waals surface area contributed by atoms with Gasteiger partial charge in [-0.15, -0.1) is 0 Å². The van der Waals surface area contributed by atoms with Crippen LogP contribution in [-0.4, -0.2) is 25.0 Å². The van der Waals surface area contributed by atoms with Gasteiger partial charge in [0, 0.05) is 23.9 Å². The molecule has 7 heteroatoms. The van der Waals surface area contributed by atoms with E-state index in [1.54, 1.807) is 18.2 Å². The van der Waals surface area contributed by atoms with E-state index in [0.717, 1.165) is 16.7 Å². The van der Waals surface area contributed by atoms with E-state index in [1.807, 2.05) is 91.0 Å². The smallest absolute Gasteiger partial charge is 0.336 e. The molecule has 40 heavy (non-hydrogen) atoms. The predicted octanol–water partition coefficient (Wildman–Crippen LogP) is 4.35. The van der Waals surface area contributed by atoms with Gasteiger partial charge in [-0.25, -0.2) is 4.79 Å². The Morgan fingerprint density at radius 3 is 1.82 bits per heavy atom. The molecule has 7 nitrogen and oxygen atoms in total. The van der Waals surface area contributed by atoms with Crippen molar-refractivity contribution in [3.8, 4) is 5.75 Å². The number of nitrogens with one attached hydrogen (secondary N) is 1. The van der Waals surface area contributed by atoms with E-state index in [9.17, 15) is 14.4 Å². The van der Waals surface area contributed by atoms with Crippen LogP contribution in [0.1, 0.15) is 22.3 Å². The highest BCUT2D eigenvalue weighted by Gasteiger charge is 2.44. The average molecular weight is 533 g/mol. The highest BCUT2D eigenvalue weighted by Crippen LogP contribution is 2.39. The first-order chi connectivity index (χ1) is 19.4. The number of rotatable bonds is 9. The van der Waals surface area contributed by atoms with Crippen LogP contribution in [-0.2, 0) is 21.4 Å². The van der Waals surface area contributed by atoms with Crippen molar-refractivity contribution < 1.29 is 18.7 Å². The molecule has 1 atom stereocenters. The first-order valence-corrected chi connectivity index (χ1v) is 12.8. The number of benzene rings is 4. The molecule has 0 radical (unpaired) electrons. The molecule has 5 aromatic rings. The van der Waals surface area contributed by atoms with Crippen molar-refractivity contribution in [2.45, 2.75) is 17.9 Å². The first kappa shape index (κ1) is 26.4. The Hall–Kier alpha value is -5.17. The van der Waals surface area contributed by atoms with Gasteiger partial charge in [0.05, 0.1) is 7.11 Å². The normalized spacial score (nSPS) is 12.0. The van der Waals surface area contributed by atoms with Crippen LogP contribution in [0.4, 0.5) is 0 Å². The molecule has 1 heterocycles. The minimum absolute atomic E-state index is 0.00997. The number of carbonyl (C=O) groups excluding carboxylic acids is 2. The minimum atomic E-state index is -1.29. The number of primary amides is 1. The van der Waals surface area contributed by atoms with E-state index >= 15 is 0 Å². The van der Waals surface area contributed by atoms with Crippen molar-refractivity contribution in [1.82, 2.24) is 5.32 Å². The molecule has 0 spiro atoms. The fourth-order valence-electron chi connectivity index (χ4n) is 5.17. The van der Waals surface area contributed by atoms with Crippen LogP contribution in [0.3, 0.4) is 0 Å². The number of carbonyl (C=O) groups is 2. The summed E-state index contributed by atoms with van der Waals surface area (Å²) in [5, 5.41) is 3.55. The fraction of sp³-hybridized carbons (Fsp3) is 0.121. The van der Waals surface area contributed by atoms with Crippen LogP contribution in [0, 0.1) is 0 Å². The Bertz CT molecular complexity index is 1600. The summed E-state index contributed by atoms with van der Waals surface area (Å²) in [6, 6.07) is 33.5. The maximum absolute atomic E-state index is 14.6. The van der Waals surface area contributed by atoms with Crippen molar-refractivity contribution in [3.05, 3.63) is 148 Å². The Labute approximate surface area is 231 Å². The van der Waals surface area contributed by atoms with Crippen molar-refractivity contribution in [2.24, 2.45) is 5.73 Å². The second kappa shape index (κ2) is 11.3. The van der Waals surface area contributed by atoms with Gasteiger partial charge in [0.15, 0.2) is 0 Å². The summed E-state index contributed by atoms with van der Waals surface area (Å²) in [4.78, 5) is 39.7. The number of amides is 2. The lowest BCUT2D eigenvalue weighted by Gasteiger charge is -2.35. The summed E-state index contributed by atoms with van der Waals surface area (Å²) >= 11 is 0. The van der Waals surface area contributed by atoms with Gasteiger partial charge < -0.3 is 20.2 Å². The molecule has 5 rings (SSSR count). The zero-order valence-electron chi connectivity index (χ0n) is 21.9. The van der Waals surface area contributed by atoms with Crippen LogP contribution in [0.15, 0.2) is 124 Å². The van der Waals surface area contributed by atoms with E-state index in [2.05, 4.69) is 5.32 Å². The summed E-state index contributed by atoms with van der Waals surface area (Å²) in [7, 11) is 1.51. The molecule has 0 aliphatic heterocycles. The summed E-state index contributed by atoms with van der Waals surface area (Å²) in [5.41, 5.74) is 6.98. The molecular weight excluding hydrogens is 504 g/mol. The maximum atomic E-state index is 14.6. The third-order valence-corrected chi connectivity index (χ3v) is 7.07. The van der Waals surface area contributed by atoms with Gasteiger partial charge in [-0.05, 0) is 34.4 Å². The van der Waals surface area contributed by atoms with E-state index < -0.39 is 28.9 Å². The highest BCUT2D eigenvalue weighted by atomic mass is 16.5. The number of hydrogen-bond acceptors (Lipinski definition) is 5. The van der Waals surface area contributed by atoms with Crippen molar-refractivity contribution in [3.63, 3.8) is 0 Å². The molecular formula is C33H28N2O5. The molecule has 0 fully saturated rings. The highest BCUT2D eigenvalue weighted by molar-refractivity contribution is 5.99. The number of nitrogens with two attached hydrogens (primary N) is 1. The Morgan fingerprint density at radius 1 is 0.825 bits per heavy atom. The van der Waals surface area contributed by atoms with Crippen LogP contribution in [0.5, 0.6) is 5.75 Å². The predicted molar refractivity (Wildman–Crippen MR) is 153 cm³/mol. The molecule has 0 aliphatic rings. The zero-order chi connectivity index (χ0) is 28.1. The van der Waals surface area contributed by atoms with Gasteiger partial charge >= 0.3 is 5.63 Å². The molecule has 0 bridgehead atoms. The lowest BCUT2D eigenvalue weighted by atomic mass is 9.68. The number of ether oxygens (including phenoxy) is 1. The molecule has 2 amide bonds. The maximum Gasteiger partial charge on any atom is 0.336 e. The van der Waals surface area contributed by atoms with Crippen molar-refractivity contribution in [2.75, 3.05) is 7.11 Å². The third kappa shape index (κ3) is 4.97. The van der Waals surface area contributed by atoms with E-state index in [-0.39, 0.29) is 6.42 Å². The molecule has 3 N–H and O–H groups in total. The number of methoxy groups -OCH3 is 1. The van der Waals surface area contributed by atoms with Gasteiger partial charge in [-0.2, -0.15) is 0 Å². The zero-order valence-corrected chi connectivity index (χ0v) is 21.9. The number of hydrogen-bond donors (Lipinski definition) is 2. The first-order valence-electron chi connectivity index (χ1n) is 12.8. The SMILES string of the molecule is COc1ccc2c(C[C@H](NC(=O)C(c3ccccc3)(c3ccccc3)c3ccccc3)C(N)=O)cc(=O)oc2c1. The number of fused-ring (bicyclic) bond motifs is 1. The van der Waals surface area contributed by atoms with E-state index in [4.69, 9.17) is 14.9 Å². The average Bonchev–Trinajstić information content (AvgIpc) is 2.98. The monoisotopic (exact) mass is 532 g/mol. The third-order valence-electron chi connectivity index (χ3n) is 7.07. The van der Waals surface area contributed by atoms with Crippen molar-refractivity contribution in [1.29, 1.82) is 0 Å². The molecule has 4 aromatic carbocycles. The van der Waals surface area contributed by atoms with Gasteiger partial charge in [-0.1, -0.05) is 91.0 Å². The molecule has 0 unspecified atom stereocenters. The molecule has 0 saturated carbocycles. The van der Waals surface area contributed by atoms with E-state index in [1.165, 1.54) is 13.2 Å². The van der Waals surface area contributed by atoms with Crippen LogP contribution >= 0.6 is 0 Å². The summed E-state index contributed by atoms with van der Waals surface area (Å²) in [6.07, 6.45) is -0.00997. The van der Waals surface area contributed by atoms with Crippen LogP contribution in [0.25, 0.3) is 11.0 Å². The van der Waals surface area contributed by atoms with Crippen LogP contribution in [0.2, 0.25) is 0 Å². The molecule has 0 aliphatic carbocycles. The summed E-state index contributed by atoms with van der Waals surface area (Å²) < 4.78 is 10.6. The second-order valence-electron chi connectivity index (χ2n) is 9.43. The molecule has 200 valence electrons. The molecule has 1 aromatic heterocycles. The van der Waals surface area contributed by atoms with Gasteiger partial charge in [0.1, 0.15) is 22.8 Å².